The SMILES string of the molecule is CC(=O)Nc1ccc(NC(=O)C2CC(=O)NC(N3CCN(Cc4ccccc4)CC3)=N2)cc1. The first-order chi connectivity index (χ1) is 16.0. The van der Waals surface area contributed by atoms with Crippen LogP contribution in [0.3, 0.4) is 0 Å². The van der Waals surface area contributed by atoms with Crippen LogP contribution in [0.4, 0.5) is 11.4 Å². The Labute approximate surface area is 192 Å². The van der Waals surface area contributed by atoms with Gasteiger partial charge in [-0.15, -0.1) is 0 Å². The summed E-state index contributed by atoms with van der Waals surface area (Å²) < 4.78 is 0. The van der Waals surface area contributed by atoms with E-state index < -0.39 is 6.04 Å². The predicted molar refractivity (Wildman–Crippen MR) is 127 cm³/mol. The number of hydrogen-bond donors (Lipinski definition) is 3. The Morgan fingerprint density at radius 3 is 2.24 bits per heavy atom. The number of carbonyl (C=O) groups excluding carboxylic acids is 3. The van der Waals surface area contributed by atoms with Gasteiger partial charge in [0.1, 0.15) is 6.04 Å². The van der Waals surface area contributed by atoms with Gasteiger partial charge in [-0.05, 0) is 29.8 Å². The molecule has 1 saturated heterocycles. The average molecular weight is 449 g/mol. The number of piperazine rings is 1. The first kappa shape index (κ1) is 22.5. The van der Waals surface area contributed by atoms with E-state index in [9.17, 15) is 14.4 Å². The topological polar surface area (TPSA) is 106 Å². The largest absolute Gasteiger partial charge is 0.340 e. The Morgan fingerprint density at radius 1 is 0.970 bits per heavy atom. The molecule has 2 aliphatic rings. The Morgan fingerprint density at radius 2 is 1.61 bits per heavy atom. The van der Waals surface area contributed by atoms with Crippen LogP contribution in [0.1, 0.15) is 18.9 Å². The van der Waals surface area contributed by atoms with Crippen molar-refractivity contribution in [3.8, 4) is 0 Å². The minimum Gasteiger partial charge on any atom is -0.340 e. The molecule has 2 aromatic carbocycles. The van der Waals surface area contributed by atoms with E-state index in [1.807, 2.05) is 23.1 Å². The Hall–Kier alpha value is -3.72. The van der Waals surface area contributed by atoms with Crippen LogP contribution in [0.5, 0.6) is 0 Å². The van der Waals surface area contributed by atoms with Gasteiger partial charge in [0, 0.05) is 51.0 Å². The summed E-state index contributed by atoms with van der Waals surface area (Å²) in [5.74, 6) is -0.250. The zero-order chi connectivity index (χ0) is 23.2. The van der Waals surface area contributed by atoms with Gasteiger partial charge in [0.2, 0.25) is 23.7 Å². The van der Waals surface area contributed by atoms with Gasteiger partial charge in [0.05, 0.1) is 6.42 Å². The van der Waals surface area contributed by atoms with E-state index in [-0.39, 0.29) is 24.1 Å². The first-order valence-corrected chi connectivity index (χ1v) is 11.0. The van der Waals surface area contributed by atoms with Gasteiger partial charge >= 0.3 is 0 Å². The number of guanidine groups is 1. The zero-order valence-corrected chi connectivity index (χ0v) is 18.6. The van der Waals surface area contributed by atoms with Gasteiger partial charge in [-0.3, -0.25) is 24.6 Å². The predicted octanol–water partition coefficient (Wildman–Crippen LogP) is 1.65. The number of anilines is 2. The number of carbonyl (C=O) groups is 3. The van der Waals surface area contributed by atoms with Crippen LogP contribution >= 0.6 is 0 Å². The summed E-state index contributed by atoms with van der Waals surface area (Å²) >= 11 is 0. The molecule has 0 spiro atoms. The number of nitrogens with zero attached hydrogens (tertiary/aromatic N) is 3. The highest BCUT2D eigenvalue weighted by molar-refractivity contribution is 6.06. The molecule has 0 radical (unpaired) electrons. The van der Waals surface area contributed by atoms with Crippen LogP contribution in [0, 0.1) is 0 Å². The van der Waals surface area contributed by atoms with Crippen LogP contribution in [-0.4, -0.2) is 65.7 Å². The number of aliphatic imine (C=N–C) groups is 1. The highest BCUT2D eigenvalue weighted by Gasteiger charge is 2.30. The number of amides is 3. The third-order valence-corrected chi connectivity index (χ3v) is 5.60. The van der Waals surface area contributed by atoms with Crippen molar-refractivity contribution in [1.29, 1.82) is 0 Å². The molecule has 3 N–H and O–H groups in total. The molecule has 0 bridgehead atoms. The van der Waals surface area contributed by atoms with Crippen molar-refractivity contribution >= 4 is 35.1 Å². The maximum atomic E-state index is 12.8. The van der Waals surface area contributed by atoms with Gasteiger partial charge in [-0.25, -0.2) is 4.99 Å². The second-order valence-electron chi connectivity index (χ2n) is 8.22. The Bertz CT molecular complexity index is 1030. The fourth-order valence-corrected chi connectivity index (χ4v) is 3.91. The smallest absolute Gasteiger partial charge is 0.249 e. The molecule has 1 unspecified atom stereocenters. The molecule has 9 nitrogen and oxygen atoms in total. The quantitative estimate of drug-likeness (QED) is 0.645. The van der Waals surface area contributed by atoms with Crippen molar-refractivity contribution in [2.75, 3.05) is 36.8 Å². The summed E-state index contributed by atoms with van der Waals surface area (Å²) in [6.07, 6.45) is 0.00722. The average Bonchev–Trinajstić information content (AvgIpc) is 2.81. The third kappa shape index (κ3) is 6.17. The standard InChI is InChI=1S/C24H28N6O3/c1-17(31)25-19-7-9-20(10-8-19)26-23(33)21-15-22(32)28-24(27-21)30-13-11-29(12-14-30)16-18-5-3-2-4-6-18/h2-10,21H,11-16H2,1H3,(H,25,31)(H,26,33)(H,27,28,32). The molecule has 1 atom stereocenters. The molecule has 0 saturated carbocycles. The van der Waals surface area contributed by atoms with Crippen molar-refractivity contribution in [2.45, 2.75) is 25.9 Å². The van der Waals surface area contributed by atoms with Crippen LogP contribution < -0.4 is 16.0 Å². The summed E-state index contributed by atoms with van der Waals surface area (Å²) in [5.41, 5.74) is 2.49. The van der Waals surface area contributed by atoms with Crippen molar-refractivity contribution in [2.24, 2.45) is 4.99 Å². The molecule has 33 heavy (non-hydrogen) atoms. The summed E-state index contributed by atoms with van der Waals surface area (Å²) in [6.45, 7) is 5.47. The molecule has 2 heterocycles. The van der Waals surface area contributed by atoms with E-state index in [0.29, 0.717) is 17.3 Å². The van der Waals surface area contributed by atoms with Gasteiger partial charge in [-0.2, -0.15) is 0 Å². The van der Waals surface area contributed by atoms with E-state index in [0.717, 1.165) is 32.7 Å². The van der Waals surface area contributed by atoms with Gasteiger partial charge in [0.25, 0.3) is 0 Å². The number of benzene rings is 2. The van der Waals surface area contributed by atoms with Crippen LogP contribution in [0.15, 0.2) is 59.6 Å². The third-order valence-electron chi connectivity index (χ3n) is 5.60. The lowest BCUT2D eigenvalue weighted by Crippen LogP contribution is -2.56. The maximum absolute atomic E-state index is 12.8. The summed E-state index contributed by atoms with van der Waals surface area (Å²) in [7, 11) is 0. The molecule has 4 rings (SSSR count). The normalized spacial score (nSPS) is 18.8. The molecular formula is C24H28N6O3. The number of rotatable bonds is 5. The molecule has 2 aliphatic heterocycles. The van der Waals surface area contributed by atoms with Crippen LogP contribution in [0.25, 0.3) is 0 Å². The van der Waals surface area contributed by atoms with E-state index in [1.54, 1.807) is 24.3 Å². The number of hydrogen-bond acceptors (Lipinski definition) is 6. The molecule has 0 aliphatic carbocycles. The van der Waals surface area contributed by atoms with E-state index in [2.05, 4.69) is 38.0 Å². The van der Waals surface area contributed by atoms with E-state index >= 15 is 0 Å². The van der Waals surface area contributed by atoms with Crippen LogP contribution in [-0.2, 0) is 20.9 Å². The monoisotopic (exact) mass is 448 g/mol. The first-order valence-electron chi connectivity index (χ1n) is 11.0. The Balaban J connectivity index is 1.34. The number of nitrogens with one attached hydrogen (secondary N) is 3. The summed E-state index contributed by atoms with van der Waals surface area (Å²) in [6, 6.07) is 16.3. The second kappa shape index (κ2) is 10.3. The summed E-state index contributed by atoms with van der Waals surface area (Å²) in [4.78, 5) is 45.1. The fourth-order valence-electron chi connectivity index (χ4n) is 3.91. The zero-order valence-electron chi connectivity index (χ0n) is 18.6. The molecule has 172 valence electrons. The van der Waals surface area contributed by atoms with Gasteiger partial charge < -0.3 is 15.5 Å². The van der Waals surface area contributed by atoms with E-state index in [4.69, 9.17) is 0 Å². The maximum Gasteiger partial charge on any atom is 0.249 e. The molecular weight excluding hydrogens is 420 g/mol. The molecule has 1 fully saturated rings. The minimum atomic E-state index is -0.786. The molecule has 2 aromatic rings. The van der Waals surface area contributed by atoms with Gasteiger partial charge in [0.15, 0.2) is 0 Å². The lowest BCUT2D eigenvalue weighted by Gasteiger charge is -2.37. The van der Waals surface area contributed by atoms with Crippen molar-refractivity contribution in [3.63, 3.8) is 0 Å². The second-order valence-corrected chi connectivity index (χ2v) is 8.22. The minimum absolute atomic E-state index is 0.00722. The summed E-state index contributed by atoms with van der Waals surface area (Å²) in [5, 5.41) is 8.31. The van der Waals surface area contributed by atoms with Crippen LogP contribution in [0.2, 0.25) is 0 Å². The van der Waals surface area contributed by atoms with Crippen molar-refractivity contribution in [1.82, 2.24) is 15.1 Å². The van der Waals surface area contributed by atoms with Crippen molar-refractivity contribution < 1.29 is 14.4 Å². The lowest BCUT2D eigenvalue weighted by molar-refractivity contribution is -0.125. The lowest BCUT2D eigenvalue weighted by atomic mass is 10.1. The molecule has 0 aromatic heterocycles. The van der Waals surface area contributed by atoms with E-state index in [1.165, 1.54) is 12.5 Å². The molecule has 9 heteroatoms. The Kier molecular flexibility index (Phi) is 6.99. The van der Waals surface area contributed by atoms with Gasteiger partial charge in [-0.1, -0.05) is 30.3 Å². The van der Waals surface area contributed by atoms with Crippen molar-refractivity contribution in [3.05, 3.63) is 60.2 Å². The highest BCUT2D eigenvalue weighted by atomic mass is 16.2. The fraction of sp³-hybridized carbons (Fsp3) is 0.333. The highest BCUT2D eigenvalue weighted by Crippen LogP contribution is 2.16. The molecule has 3 amide bonds.